The van der Waals surface area contributed by atoms with Crippen LogP contribution in [-0.2, 0) is 6.54 Å². The predicted molar refractivity (Wildman–Crippen MR) is 59.8 cm³/mol. The zero-order valence-electron chi connectivity index (χ0n) is 9.03. The van der Waals surface area contributed by atoms with E-state index in [9.17, 15) is 4.79 Å². The van der Waals surface area contributed by atoms with Gasteiger partial charge in [-0.1, -0.05) is 13.8 Å². The summed E-state index contributed by atoms with van der Waals surface area (Å²) in [6.07, 6.45) is 2.68. The maximum Gasteiger partial charge on any atom is 0.276 e. The molecule has 0 amide bonds. The average Bonchev–Trinajstić information content (AvgIpc) is 2.54. The van der Waals surface area contributed by atoms with Crippen molar-refractivity contribution in [1.29, 1.82) is 0 Å². The molecule has 0 unspecified atom stereocenters. The van der Waals surface area contributed by atoms with Crippen molar-refractivity contribution >= 4 is 11.0 Å². The molecule has 0 spiro atoms. The van der Waals surface area contributed by atoms with Crippen LogP contribution in [0.4, 0.5) is 0 Å². The lowest BCUT2D eigenvalue weighted by Crippen LogP contribution is -2.17. The van der Waals surface area contributed by atoms with Crippen LogP contribution < -0.4 is 5.56 Å². The van der Waals surface area contributed by atoms with E-state index in [2.05, 4.69) is 23.9 Å². The van der Waals surface area contributed by atoms with Crippen molar-refractivity contribution in [3.05, 3.63) is 28.7 Å². The molecule has 0 atom stereocenters. The Morgan fingerprint density at radius 1 is 1.53 bits per heavy atom. The van der Waals surface area contributed by atoms with Gasteiger partial charge in [-0.05, 0) is 24.5 Å². The van der Waals surface area contributed by atoms with Gasteiger partial charge in [0.1, 0.15) is 0 Å². The lowest BCUT2D eigenvalue weighted by molar-refractivity contribution is 0.481. The van der Waals surface area contributed by atoms with Gasteiger partial charge in [-0.15, -0.1) is 0 Å². The lowest BCUT2D eigenvalue weighted by Gasteiger charge is -2.03. The first-order valence-electron chi connectivity index (χ1n) is 5.22. The molecule has 0 saturated carbocycles. The molecule has 80 valence electrons. The van der Waals surface area contributed by atoms with Gasteiger partial charge >= 0.3 is 0 Å². The van der Waals surface area contributed by atoms with Crippen molar-refractivity contribution in [1.82, 2.24) is 14.8 Å². The van der Waals surface area contributed by atoms with Crippen molar-refractivity contribution in [3.8, 4) is 0 Å². The number of rotatable bonds is 3. The molecule has 4 nitrogen and oxygen atoms in total. The number of aryl methyl sites for hydroxylation is 1. The maximum absolute atomic E-state index is 11.8. The van der Waals surface area contributed by atoms with Gasteiger partial charge in [0.25, 0.3) is 5.56 Å². The number of nitrogens with zero attached hydrogens (tertiary/aromatic N) is 2. The van der Waals surface area contributed by atoms with Crippen LogP contribution in [0.3, 0.4) is 0 Å². The SMILES string of the molecule is CC(C)CCn1[nH]c2ncccc2c1=O. The summed E-state index contributed by atoms with van der Waals surface area (Å²) < 4.78 is 1.64. The third-order valence-corrected chi connectivity index (χ3v) is 2.45. The number of H-pyrrole nitrogens is 1. The quantitative estimate of drug-likeness (QED) is 0.830. The molecular formula is C11H15N3O. The van der Waals surface area contributed by atoms with Crippen molar-refractivity contribution in [2.75, 3.05) is 0 Å². The van der Waals surface area contributed by atoms with Crippen LogP contribution in [0, 0.1) is 5.92 Å². The van der Waals surface area contributed by atoms with E-state index >= 15 is 0 Å². The normalized spacial score (nSPS) is 11.4. The van der Waals surface area contributed by atoms with Crippen LogP contribution in [0.25, 0.3) is 11.0 Å². The van der Waals surface area contributed by atoms with Crippen molar-refractivity contribution in [3.63, 3.8) is 0 Å². The number of aromatic nitrogens is 3. The molecule has 2 aromatic heterocycles. The zero-order valence-corrected chi connectivity index (χ0v) is 9.03. The highest BCUT2D eigenvalue weighted by Gasteiger charge is 2.06. The molecular weight excluding hydrogens is 190 g/mol. The van der Waals surface area contributed by atoms with Gasteiger partial charge in [0, 0.05) is 12.7 Å². The Morgan fingerprint density at radius 3 is 3.00 bits per heavy atom. The number of hydrogen-bond donors (Lipinski definition) is 1. The topological polar surface area (TPSA) is 50.7 Å². The molecule has 2 rings (SSSR count). The van der Waals surface area contributed by atoms with E-state index in [0.717, 1.165) is 13.0 Å². The van der Waals surface area contributed by atoms with Crippen LogP contribution in [0.5, 0.6) is 0 Å². The summed E-state index contributed by atoms with van der Waals surface area (Å²) in [5, 5.41) is 3.68. The van der Waals surface area contributed by atoms with E-state index < -0.39 is 0 Å². The molecule has 1 N–H and O–H groups in total. The zero-order chi connectivity index (χ0) is 10.8. The molecule has 0 aliphatic rings. The Labute approximate surface area is 87.9 Å². The first-order valence-corrected chi connectivity index (χ1v) is 5.22. The van der Waals surface area contributed by atoms with Gasteiger partial charge in [-0.3, -0.25) is 14.6 Å². The van der Waals surface area contributed by atoms with Gasteiger partial charge in [0.15, 0.2) is 5.65 Å². The fraction of sp³-hybridized carbons (Fsp3) is 0.455. The van der Waals surface area contributed by atoms with Gasteiger partial charge < -0.3 is 0 Å². The molecule has 0 aromatic carbocycles. The summed E-state index contributed by atoms with van der Waals surface area (Å²) in [4.78, 5) is 15.9. The predicted octanol–water partition coefficient (Wildman–Crippen LogP) is 1.77. The van der Waals surface area contributed by atoms with Crippen LogP contribution >= 0.6 is 0 Å². The second kappa shape index (κ2) is 3.88. The monoisotopic (exact) mass is 205 g/mol. The minimum Gasteiger partial charge on any atom is -0.278 e. The Kier molecular flexibility index (Phi) is 2.58. The van der Waals surface area contributed by atoms with E-state index in [1.807, 2.05) is 0 Å². The minimum absolute atomic E-state index is 0.0266. The number of aromatic amines is 1. The number of pyridine rings is 1. The number of nitrogens with one attached hydrogen (secondary N) is 1. The first kappa shape index (κ1) is 9.96. The Hall–Kier alpha value is -1.58. The maximum atomic E-state index is 11.8. The molecule has 0 aliphatic heterocycles. The molecule has 0 aliphatic carbocycles. The van der Waals surface area contributed by atoms with E-state index in [0.29, 0.717) is 17.0 Å². The highest BCUT2D eigenvalue weighted by atomic mass is 16.1. The molecule has 15 heavy (non-hydrogen) atoms. The highest BCUT2D eigenvalue weighted by molar-refractivity contribution is 5.73. The highest BCUT2D eigenvalue weighted by Crippen LogP contribution is 2.05. The van der Waals surface area contributed by atoms with Gasteiger partial charge in [-0.25, -0.2) is 4.98 Å². The van der Waals surface area contributed by atoms with Crippen LogP contribution in [0.15, 0.2) is 23.1 Å². The lowest BCUT2D eigenvalue weighted by atomic mass is 10.1. The smallest absolute Gasteiger partial charge is 0.276 e. The Balaban J connectivity index is 2.36. The van der Waals surface area contributed by atoms with Crippen LogP contribution in [0.1, 0.15) is 20.3 Å². The van der Waals surface area contributed by atoms with E-state index in [4.69, 9.17) is 0 Å². The van der Waals surface area contributed by atoms with Crippen molar-refractivity contribution < 1.29 is 0 Å². The molecule has 4 heteroatoms. The second-order valence-electron chi connectivity index (χ2n) is 4.15. The summed E-state index contributed by atoms with van der Waals surface area (Å²) >= 11 is 0. The molecule has 2 heterocycles. The van der Waals surface area contributed by atoms with Crippen LogP contribution in [0.2, 0.25) is 0 Å². The summed E-state index contributed by atoms with van der Waals surface area (Å²) in [6.45, 7) is 5.02. The molecule has 0 bridgehead atoms. The second-order valence-corrected chi connectivity index (χ2v) is 4.15. The molecule has 2 aromatic rings. The van der Waals surface area contributed by atoms with E-state index in [1.165, 1.54) is 0 Å². The van der Waals surface area contributed by atoms with Gasteiger partial charge in [0.2, 0.25) is 0 Å². The minimum atomic E-state index is 0.0266. The van der Waals surface area contributed by atoms with Gasteiger partial charge in [-0.2, -0.15) is 0 Å². The Bertz CT molecular complexity index is 510. The largest absolute Gasteiger partial charge is 0.278 e. The summed E-state index contributed by atoms with van der Waals surface area (Å²) in [7, 11) is 0. The molecule has 0 fully saturated rings. The summed E-state index contributed by atoms with van der Waals surface area (Å²) in [5.41, 5.74) is 0.699. The number of hydrogen-bond acceptors (Lipinski definition) is 2. The van der Waals surface area contributed by atoms with Crippen molar-refractivity contribution in [2.24, 2.45) is 5.92 Å². The average molecular weight is 205 g/mol. The standard InChI is InChI=1S/C11H15N3O/c1-8(2)5-7-14-11(15)9-4-3-6-12-10(9)13-14/h3-4,6,8H,5,7H2,1-2H3,(H,12,13). The van der Waals surface area contributed by atoms with Gasteiger partial charge in [0.05, 0.1) is 5.39 Å². The third kappa shape index (κ3) is 1.93. The molecule has 0 radical (unpaired) electrons. The van der Waals surface area contributed by atoms with E-state index in [1.54, 1.807) is 23.0 Å². The van der Waals surface area contributed by atoms with E-state index in [-0.39, 0.29) is 5.56 Å². The third-order valence-electron chi connectivity index (χ3n) is 2.45. The van der Waals surface area contributed by atoms with Crippen LogP contribution in [-0.4, -0.2) is 14.8 Å². The molecule has 0 saturated heterocycles. The van der Waals surface area contributed by atoms with Crippen molar-refractivity contribution in [2.45, 2.75) is 26.8 Å². The summed E-state index contributed by atoms with van der Waals surface area (Å²) in [6, 6.07) is 3.58. The summed E-state index contributed by atoms with van der Waals surface area (Å²) in [5.74, 6) is 0.594. The fourth-order valence-corrected chi connectivity index (χ4v) is 1.54. The first-order chi connectivity index (χ1) is 7.18. The number of fused-ring (bicyclic) bond motifs is 1. The Morgan fingerprint density at radius 2 is 2.33 bits per heavy atom. The fourth-order valence-electron chi connectivity index (χ4n) is 1.54.